The van der Waals surface area contributed by atoms with Crippen LogP contribution in [-0.4, -0.2) is 14.0 Å². The van der Waals surface area contributed by atoms with Gasteiger partial charge in [0.1, 0.15) is 0 Å². The van der Waals surface area contributed by atoms with Crippen LogP contribution >= 0.6 is 0 Å². The molecule has 0 unspecified atom stereocenters. The monoisotopic (exact) mass is 312 g/mol. The van der Waals surface area contributed by atoms with E-state index in [-0.39, 0.29) is 4.90 Å². The zero-order chi connectivity index (χ0) is 16.1. The Morgan fingerprint density at radius 1 is 1.10 bits per heavy atom. The van der Waals surface area contributed by atoms with Gasteiger partial charge >= 0.3 is 0 Å². The highest BCUT2D eigenvalue weighted by Crippen LogP contribution is 2.32. The lowest BCUT2D eigenvalue weighted by Gasteiger charge is -2.31. The van der Waals surface area contributed by atoms with Gasteiger partial charge in [-0.3, -0.25) is 4.18 Å². The van der Waals surface area contributed by atoms with Crippen LogP contribution in [0.5, 0.6) is 0 Å². The number of aryl methyl sites for hydroxylation is 1. The predicted molar refractivity (Wildman–Crippen MR) is 86.8 cm³/mol. The fourth-order valence-electron chi connectivity index (χ4n) is 2.30. The fourth-order valence-corrected chi connectivity index (χ4v) is 3.65. The maximum Gasteiger partial charge on any atom is 0.297 e. The van der Waals surface area contributed by atoms with E-state index in [1.54, 1.807) is 24.3 Å². The van der Waals surface area contributed by atoms with Gasteiger partial charge in [0.15, 0.2) is 0 Å². The summed E-state index contributed by atoms with van der Waals surface area (Å²) in [5.41, 5.74) is 0.444. The van der Waals surface area contributed by atoms with Crippen LogP contribution in [0.25, 0.3) is 0 Å². The molecule has 0 bridgehead atoms. The number of hydrogen-bond donors (Lipinski definition) is 0. The standard InChI is InChI=1S/C17H28O3S/c1-6-17(7-2,13-12-14(3)4)20-21(18,19)16-10-8-15(5)9-11-16/h8-11,14H,6-7,12-13H2,1-5H3. The Balaban J connectivity index is 2.98. The van der Waals surface area contributed by atoms with Crippen LogP contribution in [0.2, 0.25) is 0 Å². The molecule has 1 aromatic carbocycles. The van der Waals surface area contributed by atoms with Crippen molar-refractivity contribution in [2.75, 3.05) is 0 Å². The van der Waals surface area contributed by atoms with Gasteiger partial charge in [-0.05, 0) is 50.7 Å². The molecule has 0 saturated heterocycles. The summed E-state index contributed by atoms with van der Waals surface area (Å²) in [5, 5.41) is 0. The Labute approximate surface area is 129 Å². The first-order valence-corrected chi connectivity index (χ1v) is 9.18. The molecule has 1 aromatic rings. The van der Waals surface area contributed by atoms with Crippen molar-refractivity contribution < 1.29 is 12.6 Å². The minimum absolute atomic E-state index is 0.240. The first-order chi connectivity index (χ1) is 9.74. The number of rotatable bonds is 8. The summed E-state index contributed by atoms with van der Waals surface area (Å²) in [4.78, 5) is 0.240. The molecule has 0 aromatic heterocycles. The second-order valence-electron chi connectivity index (χ2n) is 6.17. The van der Waals surface area contributed by atoms with E-state index >= 15 is 0 Å². The lowest BCUT2D eigenvalue weighted by atomic mass is 9.89. The van der Waals surface area contributed by atoms with E-state index in [0.29, 0.717) is 18.8 Å². The summed E-state index contributed by atoms with van der Waals surface area (Å²) in [6.07, 6.45) is 3.12. The van der Waals surface area contributed by atoms with E-state index in [1.807, 2.05) is 20.8 Å². The number of hydrogen-bond acceptors (Lipinski definition) is 3. The minimum atomic E-state index is -3.71. The van der Waals surface area contributed by atoms with Gasteiger partial charge in [-0.1, -0.05) is 45.4 Å². The van der Waals surface area contributed by atoms with E-state index in [0.717, 1.165) is 18.4 Å². The maximum absolute atomic E-state index is 12.5. The van der Waals surface area contributed by atoms with Crippen molar-refractivity contribution >= 4 is 10.1 Å². The molecule has 0 aliphatic rings. The third kappa shape index (κ3) is 5.11. The predicted octanol–water partition coefficient (Wildman–Crippen LogP) is 4.70. The lowest BCUT2D eigenvalue weighted by Crippen LogP contribution is -2.34. The van der Waals surface area contributed by atoms with Crippen LogP contribution in [0.1, 0.15) is 58.9 Å². The molecule has 0 fully saturated rings. The van der Waals surface area contributed by atoms with Crippen molar-refractivity contribution in [2.24, 2.45) is 5.92 Å². The molecule has 0 amide bonds. The van der Waals surface area contributed by atoms with E-state index in [1.165, 1.54) is 0 Å². The molecule has 0 N–H and O–H groups in total. The van der Waals surface area contributed by atoms with Gasteiger partial charge in [-0.15, -0.1) is 0 Å². The molecule has 3 nitrogen and oxygen atoms in total. The van der Waals surface area contributed by atoms with Crippen LogP contribution in [0.4, 0.5) is 0 Å². The average Bonchev–Trinajstić information content (AvgIpc) is 2.44. The molecular weight excluding hydrogens is 284 g/mol. The Bertz CT molecular complexity index is 526. The summed E-state index contributed by atoms with van der Waals surface area (Å²) in [6.45, 7) is 10.2. The Morgan fingerprint density at radius 3 is 2.05 bits per heavy atom. The van der Waals surface area contributed by atoms with Crippen LogP contribution in [0.3, 0.4) is 0 Å². The van der Waals surface area contributed by atoms with Crippen LogP contribution in [-0.2, 0) is 14.3 Å². The van der Waals surface area contributed by atoms with Crippen LogP contribution in [0, 0.1) is 12.8 Å². The molecule has 1 rings (SSSR count). The highest BCUT2D eigenvalue weighted by atomic mass is 32.2. The van der Waals surface area contributed by atoms with Gasteiger partial charge in [-0.2, -0.15) is 8.42 Å². The van der Waals surface area contributed by atoms with E-state index < -0.39 is 15.7 Å². The first-order valence-electron chi connectivity index (χ1n) is 7.77. The molecule has 0 heterocycles. The largest absolute Gasteiger partial charge is 0.297 e. The van der Waals surface area contributed by atoms with Gasteiger partial charge in [0, 0.05) is 0 Å². The van der Waals surface area contributed by atoms with Gasteiger partial charge in [0.05, 0.1) is 10.5 Å². The van der Waals surface area contributed by atoms with E-state index in [9.17, 15) is 8.42 Å². The van der Waals surface area contributed by atoms with Crippen molar-refractivity contribution in [3.8, 4) is 0 Å². The molecule has 0 radical (unpaired) electrons. The molecule has 120 valence electrons. The lowest BCUT2D eigenvalue weighted by molar-refractivity contribution is 0.0528. The smallest absolute Gasteiger partial charge is 0.260 e. The molecule has 0 spiro atoms. The highest BCUT2D eigenvalue weighted by molar-refractivity contribution is 7.86. The second kappa shape index (κ2) is 7.41. The third-order valence-corrected chi connectivity index (χ3v) is 5.48. The van der Waals surface area contributed by atoms with E-state index in [4.69, 9.17) is 4.18 Å². The van der Waals surface area contributed by atoms with Gasteiger partial charge in [0.2, 0.25) is 0 Å². The van der Waals surface area contributed by atoms with E-state index in [2.05, 4.69) is 13.8 Å². The molecular formula is C17H28O3S. The van der Waals surface area contributed by atoms with Crippen LogP contribution in [0.15, 0.2) is 29.2 Å². The normalized spacial score (nSPS) is 12.9. The Hall–Kier alpha value is -0.870. The molecule has 0 atom stereocenters. The summed E-state index contributed by atoms with van der Waals surface area (Å²) >= 11 is 0. The summed E-state index contributed by atoms with van der Waals surface area (Å²) in [7, 11) is -3.71. The summed E-state index contributed by atoms with van der Waals surface area (Å²) in [5.74, 6) is 0.535. The van der Waals surface area contributed by atoms with Crippen molar-refractivity contribution in [1.29, 1.82) is 0 Å². The number of benzene rings is 1. The Kier molecular flexibility index (Phi) is 6.41. The van der Waals surface area contributed by atoms with Crippen molar-refractivity contribution in [1.82, 2.24) is 0 Å². The van der Waals surface area contributed by atoms with Gasteiger partial charge in [-0.25, -0.2) is 0 Å². The molecule has 21 heavy (non-hydrogen) atoms. The van der Waals surface area contributed by atoms with Crippen molar-refractivity contribution in [2.45, 2.75) is 70.8 Å². The average molecular weight is 312 g/mol. The first kappa shape index (κ1) is 18.2. The quantitative estimate of drug-likeness (QED) is 0.654. The second-order valence-corrected chi connectivity index (χ2v) is 7.72. The topological polar surface area (TPSA) is 43.4 Å². The molecule has 4 heteroatoms. The van der Waals surface area contributed by atoms with Crippen LogP contribution < -0.4 is 0 Å². The fraction of sp³-hybridized carbons (Fsp3) is 0.647. The molecule has 0 aliphatic heterocycles. The minimum Gasteiger partial charge on any atom is -0.260 e. The maximum atomic E-state index is 12.5. The third-order valence-electron chi connectivity index (χ3n) is 4.06. The van der Waals surface area contributed by atoms with Gasteiger partial charge in [0.25, 0.3) is 10.1 Å². The zero-order valence-electron chi connectivity index (χ0n) is 13.8. The van der Waals surface area contributed by atoms with Crippen molar-refractivity contribution in [3.63, 3.8) is 0 Å². The van der Waals surface area contributed by atoms with Gasteiger partial charge < -0.3 is 0 Å². The Morgan fingerprint density at radius 2 is 1.62 bits per heavy atom. The summed E-state index contributed by atoms with van der Waals surface area (Å²) < 4.78 is 30.7. The molecule has 0 saturated carbocycles. The SMILES string of the molecule is CCC(CC)(CCC(C)C)OS(=O)(=O)c1ccc(C)cc1. The highest BCUT2D eigenvalue weighted by Gasteiger charge is 2.33. The van der Waals surface area contributed by atoms with Crippen molar-refractivity contribution in [3.05, 3.63) is 29.8 Å². The molecule has 0 aliphatic carbocycles. The summed E-state index contributed by atoms with van der Waals surface area (Å²) in [6, 6.07) is 6.82. The zero-order valence-corrected chi connectivity index (χ0v) is 14.7.